The Kier molecular flexibility index (Phi) is 6.51. The minimum Gasteiger partial charge on any atom is -0.313 e. The van der Waals surface area contributed by atoms with Crippen molar-refractivity contribution in [3.05, 3.63) is 79.4 Å². The molecule has 1 unspecified atom stereocenters. The Morgan fingerprint density at radius 1 is 1.06 bits per heavy atom. The summed E-state index contributed by atoms with van der Waals surface area (Å²) in [5.41, 5.74) is -1.77. The van der Waals surface area contributed by atoms with Gasteiger partial charge in [-0.25, -0.2) is 4.79 Å². The number of hydrogen-bond acceptors (Lipinski definition) is 7. The second kappa shape index (κ2) is 9.12. The van der Waals surface area contributed by atoms with E-state index in [4.69, 9.17) is 4.84 Å². The maximum absolute atomic E-state index is 12.9. The lowest BCUT2D eigenvalue weighted by Gasteiger charge is -2.23. The molecule has 0 saturated heterocycles. The van der Waals surface area contributed by atoms with E-state index >= 15 is 0 Å². The van der Waals surface area contributed by atoms with E-state index in [-0.39, 0.29) is 11.1 Å². The van der Waals surface area contributed by atoms with Crippen LogP contribution in [0.2, 0.25) is 0 Å². The normalized spacial score (nSPS) is 17.7. The van der Waals surface area contributed by atoms with Crippen molar-refractivity contribution in [3.63, 3.8) is 0 Å². The van der Waals surface area contributed by atoms with Crippen LogP contribution >= 0.6 is 0 Å². The fraction of sp³-hybridized carbons (Fsp3) is 0.300. The Morgan fingerprint density at radius 2 is 1.81 bits per heavy atom. The number of non-ortho nitro benzene ring substituents is 1. The summed E-state index contributed by atoms with van der Waals surface area (Å²) in [6.07, 6.45) is -2.50. The summed E-state index contributed by atoms with van der Waals surface area (Å²) < 4.78 is 38.6. The average Bonchev–Trinajstić information content (AvgIpc) is 2.76. The van der Waals surface area contributed by atoms with Gasteiger partial charge in [-0.15, -0.1) is 0 Å². The number of hydrogen-bond donors (Lipinski definition) is 0. The minimum atomic E-state index is -4.63. The van der Waals surface area contributed by atoms with Crippen LogP contribution in [0.4, 0.5) is 24.5 Å². The van der Waals surface area contributed by atoms with Crippen LogP contribution in [0.25, 0.3) is 0 Å². The van der Waals surface area contributed by atoms with Gasteiger partial charge in [-0.1, -0.05) is 17.6 Å². The zero-order chi connectivity index (χ0) is 23.5. The number of alkyl halides is 3. The lowest BCUT2D eigenvalue weighted by molar-refractivity contribution is -0.394. The Morgan fingerprint density at radius 3 is 2.47 bits per heavy atom. The number of benzene rings is 2. The Balaban J connectivity index is 1.88. The van der Waals surface area contributed by atoms with Crippen LogP contribution < -0.4 is 0 Å². The van der Waals surface area contributed by atoms with E-state index in [1.165, 1.54) is 6.07 Å². The second-order valence-corrected chi connectivity index (χ2v) is 7.10. The van der Waals surface area contributed by atoms with Gasteiger partial charge in [-0.2, -0.15) is 13.2 Å². The minimum absolute atomic E-state index is 0.189. The number of nitro groups is 2. The van der Waals surface area contributed by atoms with E-state index in [1.807, 2.05) is 0 Å². The van der Waals surface area contributed by atoms with Crippen molar-refractivity contribution in [2.75, 3.05) is 0 Å². The van der Waals surface area contributed by atoms with Crippen LogP contribution in [-0.4, -0.2) is 21.5 Å². The maximum Gasteiger partial charge on any atom is 0.416 e. The summed E-state index contributed by atoms with van der Waals surface area (Å²) in [6.45, 7) is 0. The summed E-state index contributed by atoms with van der Waals surface area (Å²) in [5, 5.41) is 26.2. The van der Waals surface area contributed by atoms with Crippen molar-refractivity contribution in [3.8, 4) is 0 Å². The van der Waals surface area contributed by atoms with E-state index in [0.717, 1.165) is 30.3 Å². The summed E-state index contributed by atoms with van der Waals surface area (Å²) in [5.74, 6) is -1.73. The number of carbonyl (C=O) groups is 1. The van der Waals surface area contributed by atoms with Gasteiger partial charge in [0.25, 0.3) is 11.4 Å². The first kappa shape index (κ1) is 22.8. The van der Waals surface area contributed by atoms with Gasteiger partial charge in [0.2, 0.25) is 0 Å². The number of halogens is 3. The molecule has 1 atom stereocenters. The van der Waals surface area contributed by atoms with E-state index in [0.29, 0.717) is 37.5 Å². The monoisotopic (exact) mass is 451 g/mol. The smallest absolute Gasteiger partial charge is 0.313 e. The van der Waals surface area contributed by atoms with Crippen LogP contribution in [-0.2, 0) is 11.0 Å². The fourth-order valence-electron chi connectivity index (χ4n) is 3.51. The molecule has 12 heteroatoms. The molecule has 2 aromatic rings. The largest absolute Gasteiger partial charge is 0.416 e. The van der Waals surface area contributed by atoms with Crippen molar-refractivity contribution in [1.29, 1.82) is 0 Å². The third-order valence-corrected chi connectivity index (χ3v) is 5.05. The molecule has 0 amide bonds. The molecule has 0 N–H and O–H groups in total. The third kappa shape index (κ3) is 5.07. The van der Waals surface area contributed by atoms with Crippen molar-refractivity contribution >= 4 is 23.1 Å². The predicted octanol–water partition coefficient (Wildman–Crippen LogP) is 5.39. The average molecular weight is 451 g/mol. The number of carbonyl (C=O) groups excluding carboxylic acids is 1. The zero-order valence-electron chi connectivity index (χ0n) is 16.4. The zero-order valence-corrected chi connectivity index (χ0v) is 16.4. The van der Waals surface area contributed by atoms with Gasteiger partial charge in [0.15, 0.2) is 0 Å². The van der Waals surface area contributed by atoms with Gasteiger partial charge in [0.1, 0.15) is 0 Å². The first-order valence-electron chi connectivity index (χ1n) is 9.46. The van der Waals surface area contributed by atoms with Gasteiger partial charge >= 0.3 is 12.1 Å². The quantitative estimate of drug-likeness (QED) is 0.341. The molecule has 9 nitrogen and oxygen atoms in total. The predicted molar refractivity (Wildman–Crippen MR) is 105 cm³/mol. The van der Waals surface area contributed by atoms with E-state index in [9.17, 15) is 38.2 Å². The third-order valence-electron chi connectivity index (χ3n) is 5.05. The van der Waals surface area contributed by atoms with Crippen LogP contribution in [0, 0.1) is 20.2 Å². The number of oxime groups is 1. The molecule has 1 saturated carbocycles. The van der Waals surface area contributed by atoms with Crippen LogP contribution in [0.15, 0.2) is 47.6 Å². The molecule has 0 spiro atoms. The van der Waals surface area contributed by atoms with Gasteiger partial charge in [-0.3, -0.25) is 20.2 Å². The molecular formula is C20H16F3N3O6. The topological polar surface area (TPSA) is 125 Å². The summed E-state index contributed by atoms with van der Waals surface area (Å²) in [4.78, 5) is 38.0. The molecule has 3 rings (SSSR count). The van der Waals surface area contributed by atoms with Gasteiger partial charge < -0.3 is 4.84 Å². The van der Waals surface area contributed by atoms with Crippen molar-refractivity contribution in [2.24, 2.45) is 5.16 Å². The number of nitrogens with zero attached hydrogens (tertiary/aromatic N) is 3. The lowest BCUT2D eigenvalue weighted by atomic mass is 9.81. The van der Waals surface area contributed by atoms with Gasteiger partial charge in [0, 0.05) is 17.5 Å². The van der Waals surface area contributed by atoms with Gasteiger partial charge in [-0.05, 0) is 43.5 Å². The molecule has 0 heterocycles. The fourth-order valence-corrected chi connectivity index (χ4v) is 3.51. The number of rotatable bonds is 5. The van der Waals surface area contributed by atoms with Crippen LogP contribution in [0.5, 0.6) is 0 Å². The van der Waals surface area contributed by atoms with Crippen molar-refractivity contribution < 1.29 is 32.6 Å². The van der Waals surface area contributed by atoms with Crippen molar-refractivity contribution in [2.45, 2.75) is 37.8 Å². The highest BCUT2D eigenvalue weighted by Gasteiger charge is 2.32. The molecule has 32 heavy (non-hydrogen) atoms. The SMILES string of the molecule is O=C(ON=C1CCCCC1c1ccc([N+](=O)[O-])cc1[N+](=O)[O-])c1cccc(C(F)(F)F)c1. The molecule has 1 aliphatic carbocycles. The molecule has 0 aromatic heterocycles. The van der Waals surface area contributed by atoms with E-state index in [2.05, 4.69) is 5.16 Å². The van der Waals surface area contributed by atoms with E-state index < -0.39 is 44.8 Å². The Labute approximate surface area is 178 Å². The Hall–Kier alpha value is -3.83. The maximum atomic E-state index is 12.9. The summed E-state index contributed by atoms with van der Waals surface area (Å²) in [6, 6.07) is 6.94. The van der Waals surface area contributed by atoms with Crippen molar-refractivity contribution in [1.82, 2.24) is 0 Å². The first-order chi connectivity index (χ1) is 15.1. The summed E-state index contributed by atoms with van der Waals surface area (Å²) in [7, 11) is 0. The first-order valence-corrected chi connectivity index (χ1v) is 9.46. The summed E-state index contributed by atoms with van der Waals surface area (Å²) >= 11 is 0. The number of nitro benzene ring substituents is 2. The standard InChI is InChI=1S/C20H16F3N3O6/c21-20(22,23)13-5-3-4-12(10-13)19(27)32-24-17-7-2-1-6-15(17)16-9-8-14(25(28)29)11-18(16)26(30)31/h3-5,8-11,15H,1-2,6-7H2. The van der Waals surface area contributed by atoms with Crippen LogP contribution in [0.3, 0.4) is 0 Å². The molecule has 1 fully saturated rings. The molecule has 168 valence electrons. The molecular weight excluding hydrogens is 435 g/mol. The van der Waals surface area contributed by atoms with E-state index in [1.54, 1.807) is 0 Å². The highest BCUT2D eigenvalue weighted by Crippen LogP contribution is 2.38. The van der Waals surface area contributed by atoms with Crippen LogP contribution in [0.1, 0.15) is 53.1 Å². The molecule has 0 bridgehead atoms. The molecule has 1 aliphatic rings. The molecule has 0 radical (unpaired) electrons. The second-order valence-electron chi connectivity index (χ2n) is 7.10. The highest BCUT2D eigenvalue weighted by atomic mass is 19.4. The molecule has 2 aromatic carbocycles. The highest BCUT2D eigenvalue weighted by molar-refractivity contribution is 5.94. The Bertz CT molecular complexity index is 1100. The lowest BCUT2D eigenvalue weighted by Crippen LogP contribution is -2.20. The van der Waals surface area contributed by atoms with Gasteiger partial charge in [0.05, 0.1) is 32.8 Å². The molecule has 0 aliphatic heterocycles.